The lowest BCUT2D eigenvalue weighted by molar-refractivity contribution is 0.0920. The molecule has 1 aromatic rings. The van der Waals surface area contributed by atoms with Gasteiger partial charge < -0.3 is 11.1 Å². The Kier molecular flexibility index (Phi) is 4.46. The van der Waals surface area contributed by atoms with Crippen LogP contribution in [0.4, 0.5) is 5.69 Å². The fraction of sp³-hybridized carbons (Fsp3) is 0.562. The summed E-state index contributed by atoms with van der Waals surface area (Å²) in [5, 5.41) is 3.11. The quantitative estimate of drug-likeness (QED) is 0.819. The number of nitrogens with two attached hydrogens (primary N) is 1. The average molecular weight is 260 g/mol. The highest BCUT2D eigenvalue weighted by molar-refractivity contribution is 5.99. The van der Waals surface area contributed by atoms with Crippen LogP contribution in [0.3, 0.4) is 0 Å². The van der Waals surface area contributed by atoms with E-state index in [2.05, 4.69) is 12.2 Å². The summed E-state index contributed by atoms with van der Waals surface area (Å²) >= 11 is 0. The molecule has 1 unspecified atom stereocenters. The van der Waals surface area contributed by atoms with Gasteiger partial charge in [-0.1, -0.05) is 25.3 Å². The van der Waals surface area contributed by atoms with E-state index in [-0.39, 0.29) is 11.9 Å². The summed E-state index contributed by atoms with van der Waals surface area (Å²) in [7, 11) is 0. The number of nitrogen functional groups attached to an aromatic ring is 1. The van der Waals surface area contributed by atoms with Gasteiger partial charge >= 0.3 is 0 Å². The first-order chi connectivity index (χ1) is 9.08. The number of rotatable bonds is 3. The number of carbonyl (C=O) groups excluding carboxylic acids is 1. The van der Waals surface area contributed by atoms with Gasteiger partial charge in [0.2, 0.25) is 0 Å². The SMILES string of the molecule is Cc1ccc(C(=O)NC(C)C2CCCCC2)c(N)c1. The summed E-state index contributed by atoms with van der Waals surface area (Å²) in [5.74, 6) is 0.569. The molecular formula is C16H24N2O. The minimum absolute atomic E-state index is 0.0458. The minimum Gasteiger partial charge on any atom is -0.398 e. The molecule has 2 rings (SSSR count). The second kappa shape index (κ2) is 6.09. The predicted octanol–water partition coefficient (Wildman–Crippen LogP) is 3.28. The van der Waals surface area contributed by atoms with Crippen molar-refractivity contribution in [1.82, 2.24) is 5.32 Å². The first-order valence-corrected chi connectivity index (χ1v) is 7.25. The molecular weight excluding hydrogens is 236 g/mol. The van der Waals surface area contributed by atoms with Crippen LogP contribution in [0.15, 0.2) is 18.2 Å². The molecule has 1 atom stereocenters. The molecule has 0 bridgehead atoms. The van der Waals surface area contributed by atoms with E-state index >= 15 is 0 Å². The third-order valence-corrected chi connectivity index (χ3v) is 4.17. The lowest BCUT2D eigenvalue weighted by atomic mass is 9.84. The van der Waals surface area contributed by atoms with E-state index in [1.54, 1.807) is 0 Å². The van der Waals surface area contributed by atoms with Gasteiger partial charge in [0, 0.05) is 11.7 Å². The highest BCUT2D eigenvalue weighted by Crippen LogP contribution is 2.26. The molecule has 1 aliphatic carbocycles. The van der Waals surface area contributed by atoms with Crippen LogP contribution in [-0.2, 0) is 0 Å². The first-order valence-electron chi connectivity index (χ1n) is 7.25. The molecule has 0 spiro atoms. The molecule has 0 aliphatic heterocycles. The summed E-state index contributed by atoms with van der Waals surface area (Å²) in [6.07, 6.45) is 6.37. The van der Waals surface area contributed by atoms with Gasteiger partial charge in [-0.2, -0.15) is 0 Å². The normalized spacial score (nSPS) is 18.0. The lowest BCUT2D eigenvalue weighted by Crippen LogP contribution is -2.39. The second-order valence-corrected chi connectivity index (χ2v) is 5.75. The number of nitrogens with one attached hydrogen (secondary N) is 1. The van der Waals surface area contributed by atoms with Crippen LogP contribution in [0.5, 0.6) is 0 Å². The standard InChI is InChI=1S/C16H24N2O/c1-11-8-9-14(15(17)10-11)16(19)18-12(2)13-6-4-3-5-7-13/h8-10,12-13H,3-7,17H2,1-2H3,(H,18,19). The van der Waals surface area contributed by atoms with Gasteiger partial charge in [0.25, 0.3) is 5.91 Å². The number of amides is 1. The van der Waals surface area contributed by atoms with E-state index < -0.39 is 0 Å². The van der Waals surface area contributed by atoms with Crippen molar-refractivity contribution in [1.29, 1.82) is 0 Å². The Bertz CT molecular complexity index is 450. The van der Waals surface area contributed by atoms with Crippen molar-refractivity contribution >= 4 is 11.6 Å². The average Bonchev–Trinajstić information content (AvgIpc) is 2.39. The Balaban J connectivity index is 1.99. The molecule has 3 nitrogen and oxygen atoms in total. The molecule has 1 saturated carbocycles. The van der Waals surface area contributed by atoms with E-state index in [1.165, 1.54) is 32.1 Å². The van der Waals surface area contributed by atoms with Gasteiger partial charge in [-0.05, 0) is 50.3 Å². The number of benzene rings is 1. The monoisotopic (exact) mass is 260 g/mol. The third kappa shape index (κ3) is 3.49. The zero-order valence-corrected chi connectivity index (χ0v) is 11.9. The molecule has 1 amide bonds. The summed E-state index contributed by atoms with van der Waals surface area (Å²) in [5.41, 5.74) is 8.15. The maximum absolute atomic E-state index is 12.2. The molecule has 0 radical (unpaired) electrons. The molecule has 0 heterocycles. The Morgan fingerprint density at radius 3 is 2.63 bits per heavy atom. The van der Waals surface area contributed by atoms with Crippen molar-refractivity contribution in [3.8, 4) is 0 Å². The molecule has 1 aromatic carbocycles. The van der Waals surface area contributed by atoms with E-state index in [4.69, 9.17) is 5.73 Å². The zero-order chi connectivity index (χ0) is 13.8. The van der Waals surface area contributed by atoms with E-state index in [1.807, 2.05) is 25.1 Å². The number of anilines is 1. The second-order valence-electron chi connectivity index (χ2n) is 5.75. The predicted molar refractivity (Wildman–Crippen MR) is 79.1 cm³/mol. The van der Waals surface area contributed by atoms with Crippen LogP contribution in [0.1, 0.15) is 54.9 Å². The van der Waals surface area contributed by atoms with Gasteiger partial charge in [0.1, 0.15) is 0 Å². The molecule has 104 valence electrons. The van der Waals surface area contributed by atoms with Crippen LogP contribution in [0.25, 0.3) is 0 Å². The van der Waals surface area contributed by atoms with Gasteiger partial charge in [0.05, 0.1) is 5.56 Å². The van der Waals surface area contributed by atoms with Gasteiger partial charge in [-0.25, -0.2) is 0 Å². The number of carbonyl (C=O) groups is 1. The Labute approximate surface area is 115 Å². The summed E-state index contributed by atoms with van der Waals surface area (Å²) < 4.78 is 0. The van der Waals surface area contributed by atoms with Crippen molar-refractivity contribution in [3.05, 3.63) is 29.3 Å². The van der Waals surface area contributed by atoms with Gasteiger partial charge in [-0.15, -0.1) is 0 Å². The third-order valence-electron chi connectivity index (χ3n) is 4.17. The van der Waals surface area contributed by atoms with Crippen molar-refractivity contribution in [3.63, 3.8) is 0 Å². The topological polar surface area (TPSA) is 55.1 Å². The zero-order valence-electron chi connectivity index (χ0n) is 11.9. The first kappa shape index (κ1) is 13.9. The molecule has 1 fully saturated rings. The van der Waals surface area contributed by atoms with E-state index in [9.17, 15) is 4.79 Å². The van der Waals surface area contributed by atoms with Crippen molar-refractivity contribution in [2.24, 2.45) is 5.92 Å². The van der Waals surface area contributed by atoms with Crippen molar-refractivity contribution in [2.75, 3.05) is 5.73 Å². The number of aryl methyl sites for hydroxylation is 1. The van der Waals surface area contributed by atoms with Crippen molar-refractivity contribution in [2.45, 2.75) is 52.0 Å². The summed E-state index contributed by atoms with van der Waals surface area (Å²) in [6.45, 7) is 4.08. The molecule has 0 saturated heterocycles. The highest BCUT2D eigenvalue weighted by atomic mass is 16.1. The smallest absolute Gasteiger partial charge is 0.253 e. The summed E-state index contributed by atoms with van der Waals surface area (Å²) in [4.78, 5) is 12.2. The maximum Gasteiger partial charge on any atom is 0.253 e. The van der Waals surface area contributed by atoms with E-state index in [0.717, 1.165) is 5.56 Å². The molecule has 0 aromatic heterocycles. The minimum atomic E-state index is -0.0458. The number of hydrogen-bond acceptors (Lipinski definition) is 2. The Morgan fingerprint density at radius 2 is 2.00 bits per heavy atom. The highest BCUT2D eigenvalue weighted by Gasteiger charge is 2.22. The number of hydrogen-bond donors (Lipinski definition) is 2. The Morgan fingerprint density at radius 1 is 1.32 bits per heavy atom. The molecule has 1 aliphatic rings. The van der Waals surface area contributed by atoms with Crippen molar-refractivity contribution < 1.29 is 4.79 Å². The lowest BCUT2D eigenvalue weighted by Gasteiger charge is -2.28. The van der Waals surface area contributed by atoms with Crippen LogP contribution >= 0.6 is 0 Å². The largest absolute Gasteiger partial charge is 0.398 e. The van der Waals surface area contributed by atoms with Gasteiger partial charge in [-0.3, -0.25) is 4.79 Å². The fourth-order valence-corrected chi connectivity index (χ4v) is 2.93. The van der Waals surface area contributed by atoms with Crippen LogP contribution in [0, 0.1) is 12.8 Å². The van der Waals surface area contributed by atoms with Crippen LogP contribution in [-0.4, -0.2) is 11.9 Å². The summed E-state index contributed by atoms with van der Waals surface area (Å²) in [6, 6.07) is 5.82. The van der Waals surface area contributed by atoms with Gasteiger partial charge in [0.15, 0.2) is 0 Å². The van der Waals surface area contributed by atoms with Crippen LogP contribution in [0.2, 0.25) is 0 Å². The molecule has 3 heteroatoms. The molecule has 3 N–H and O–H groups in total. The van der Waals surface area contributed by atoms with Crippen LogP contribution < -0.4 is 11.1 Å². The Hall–Kier alpha value is -1.51. The fourth-order valence-electron chi connectivity index (χ4n) is 2.93. The molecule has 19 heavy (non-hydrogen) atoms. The maximum atomic E-state index is 12.2. The van der Waals surface area contributed by atoms with E-state index in [0.29, 0.717) is 17.2 Å².